The summed E-state index contributed by atoms with van der Waals surface area (Å²) in [4.78, 5) is 14.0. The molecule has 1 atom stereocenters. The van der Waals surface area contributed by atoms with E-state index in [1.165, 1.54) is 33.0 Å². The maximum Gasteiger partial charge on any atom is 0.419 e. The van der Waals surface area contributed by atoms with Crippen LogP contribution in [0.15, 0.2) is 18.3 Å². The number of aromatic amines is 1. The van der Waals surface area contributed by atoms with Crippen LogP contribution in [0.4, 0.5) is 18.0 Å². The van der Waals surface area contributed by atoms with E-state index < -0.39 is 30.0 Å². The number of aliphatic hydroxyl groups is 1. The van der Waals surface area contributed by atoms with Crippen molar-refractivity contribution < 1.29 is 27.8 Å². The SMILES string of the molecule is CC(C)(C)OC(=O)NC(CO)(c1ccc[nH]1)C(F)(F)F. The minimum Gasteiger partial charge on any atom is -0.444 e. The topological polar surface area (TPSA) is 74.3 Å². The number of alkyl halides is 3. The number of ether oxygens (including phenoxy) is 1. The minimum absolute atomic E-state index is 0.377. The Morgan fingerprint density at radius 2 is 2.00 bits per heavy atom. The average Bonchev–Trinajstić information content (AvgIpc) is 2.74. The molecular weight excluding hydrogens is 277 g/mol. The molecular formula is C12H17F3N2O3. The van der Waals surface area contributed by atoms with Crippen molar-refractivity contribution in [2.45, 2.75) is 38.1 Å². The van der Waals surface area contributed by atoms with E-state index in [-0.39, 0.29) is 5.69 Å². The highest BCUT2D eigenvalue weighted by Gasteiger charge is 2.58. The van der Waals surface area contributed by atoms with E-state index in [2.05, 4.69) is 4.98 Å². The smallest absolute Gasteiger partial charge is 0.419 e. The first-order valence-electron chi connectivity index (χ1n) is 5.84. The van der Waals surface area contributed by atoms with Crippen LogP contribution in [0.25, 0.3) is 0 Å². The molecule has 114 valence electrons. The predicted octanol–water partition coefficient (Wildman–Crippen LogP) is 2.29. The Hall–Kier alpha value is -1.70. The third-order valence-electron chi connectivity index (χ3n) is 2.49. The van der Waals surface area contributed by atoms with Crippen LogP contribution in [0.3, 0.4) is 0 Å². The van der Waals surface area contributed by atoms with Crippen LogP contribution >= 0.6 is 0 Å². The standard InChI is InChI=1S/C12H17F3N2O3/c1-10(2,3)20-9(19)17-11(7-18,12(13,14)15)8-5-4-6-16-8/h4-6,16,18H,7H2,1-3H3,(H,17,19). The van der Waals surface area contributed by atoms with Gasteiger partial charge in [0.2, 0.25) is 5.54 Å². The first-order chi connectivity index (χ1) is 9.02. The van der Waals surface area contributed by atoms with Gasteiger partial charge in [-0.05, 0) is 32.9 Å². The molecule has 0 aromatic carbocycles. The molecule has 0 radical (unpaired) electrons. The minimum atomic E-state index is -4.90. The molecule has 0 saturated carbocycles. The summed E-state index contributed by atoms with van der Waals surface area (Å²) >= 11 is 0. The third kappa shape index (κ3) is 3.44. The summed E-state index contributed by atoms with van der Waals surface area (Å²) in [7, 11) is 0. The molecule has 0 aliphatic heterocycles. The lowest BCUT2D eigenvalue weighted by Gasteiger charge is -2.34. The summed E-state index contributed by atoms with van der Waals surface area (Å²) < 4.78 is 44.7. The number of alkyl carbamates (subject to hydrolysis) is 1. The molecule has 1 unspecified atom stereocenters. The summed E-state index contributed by atoms with van der Waals surface area (Å²) in [6, 6.07) is 2.46. The van der Waals surface area contributed by atoms with E-state index in [1.807, 2.05) is 0 Å². The monoisotopic (exact) mass is 294 g/mol. The van der Waals surface area contributed by atoms with Crippen molar-refractivity contribution in [1.82, 2.24) is 10.3 Å². The zero-order valence-electron chi connectivity index (χ0n) is 11.3. The lowest BCUT2D eigenvalue weighted by Crippen LogP contribution is -2.59. The Balaban J connectivity index is 3.10. The second-order valence-electron chi connectivity index (χ2n) is 5.27. The molecule has 5 nitrogen and oxygen atoms in total. The molecule has 0 bridgehead atoms. The number of aromatic nitrogens is 1. The molecule has 1 aromatic rings. The predicted molar refractivity (Wildman–Crippen MR) is 65.0 cm³/mol. The molecule has 20 heavy (non-hydrogen) atoms. The normalized spacial score (nSPS) is 15.6. The van der Waals surface area contributed by atoms with Crippen LogP contribution in [0.5, 0.6) is 0 Å². The highest BCUT2D eigenvalue weighted by atomic mass is 19.4. The van der Waals surface area contributed by atoms with Crippen molar-refractivity contribution in [3.63, 3.8) is 0 Å². The number of amides is 1. The second kappa shape index (κ2) is 5.35. The fraction of sp³-hybridized carbons (Fsp3) is 0.583. The Labute approximate surface area is 114 Å². The number of carbonyl (C=O) groups excluding carboxylic acids is 1. The van der Waals surface area contributed by atoms with Gasteiger partial charge in [-0.15, -0.1) is 0 Å². The molecule has 1 heterocycles. The van der Waals surface area contributed by atoms with E-state index >= 15 is 0 Å². The van der Waals surface area contributed by atoms with Gasteiger partial charge in [0.25, 0.3) is 0 Å². The molecule has 0 fully saturated rings. The third-order valence-corrected chi connectivity index (χ3v) is 2.49. The maximum atomic E-state index is 13.3. The van der Waals surface area contributed by atoms with Gasteiger partial charge in [-0.25, -0.2) is 4.79 Å². The first kappa shape index (κ1) is 16.4. The van der Waals surface area contributed by atoms with Crippen LogP contribution in [-0.4, -0.2) is 34.6 Å². The number of halogens is 3. The van der Waals surface area contributed by atoms with Crippen molar-refractivity contribution in [2.24, 2.45) is 0 Å². The Morgan fingerprint density at radius 1 is 1.40 bits per heavy atom. The molecule has 8 heteroatoms. The molecule has 3 N–H and O–H groups in total. The van der Waals surface area contributed by atoms with Gasteiger partial charge < -0.3 is 14.8 Å². The lowest BCUT2D eigenvalue weighted by molar-refractivity contribution is -0.210. The fourth-order valence-corrected chi connectivity index (χ4v) is 1.58. The number of aliphatic hydroxyl groups excluding tert-OH is 1. The van der Waals surface area contributed by atoms with E-state index in [0.717, 1.165) is 6.07 Å². The molecule has 0 aliphatic carbocycles. The molecule has 1 rings (SSSR count). The van der Waals surface area contributed by atoms with E-state index in [1.54, 1.807) is 5.32 Å². The van der Waals surface area contributed by atoms with Gasteiger partial charge >= 0.3 is 12.3 Å². The fourth-order valence-electron chi connectivity index (χ4n) is 1.58. The van der Waals surface area contributed by atoms with Gasteiger partial charge in [0, 0.05) is 6.20 Å². The summed E-state index contributed by atoms with van der Waals surface area (Å²) in [5.74, 6) is 0. The number of carbonyl (C=O) groups is 1. The second-order valence-corrected chi connectivity index (χ2v) is 5.27. The summed E-state index contributed by atoms with van der Waals surface area (Å²) in [5, 5.41) is 10.9. The summed E-state index contributed by atoms with van der Waals surface area (Å²) in [5.41, 5.74) is -4.26. The molecule has 1 aromatic heterocycles. The Kier molecular flexibility index (Phi) is 4.38. The Morgan fingerprint density at radius 3 is 2.35 bits per heavy atom. The van der Waals surface area contributed by atoms with Crippen molar-refractivity contribution in [3.8, 4) is 0 Å². The number of hydrogen-bond donors (Lipinski definition) is 3. The first-order valence-corrected chi connectivity index (χ1v) is 5.84. The van der Waals surface area contributed by atoms with Gasteiger partial charge in [0.15, 0.2) is 0 Å². The van der Waals surface area contributed by atoms with Crippen molar-refractivity contribution in [1.29, 1.82) is 0 Å². The lowest BCUT2D eigenvalue weighted by atomic mass is 9.95. The van der Waals surface area contributed by atoms with Crippen LogP contribution in [-0.2, 0) is 10.3 Å². The zero-order valence-corrected chi connectivity index (χ0v) is 11.3. The summed E-state index contributed by atoms with van der Waals surface area (Å²) in [6.07, 6.45) is -4.90. The highest BCUT2D eigenvalue weighted by molar-refractivity contribution is 5.69. The van der Waals surface area contributed by atoms with E-state index in [0.29, 0.717) is 0 Å². The summed E-state index contributed by atoms with van der Waals surface area (Å²) in [6.45, 7) is 3.22. The number of hydrogen-bond acceptors (Lipinski definition) is 3. The van der Waals surface area contributed by atoms with E-state index in [4.69, 9.17) is 4.74 Å². The largest absolute Gasteiger partial charge is 0.444 e. The van der Waals surface area contributed by atoms with Crippen LogP contribution in [0.1, 0.15) is 26.5 Å². The van der Waals surface area contributed by atoms with Gasteiger partial charge in [-0.1, -0.05) is 0 Å². The Bertz CT molecular complexity index is 452. The number of rotatable bonds is 3. The van der Waals surface area contributed by atoms with Crippen molar-refractivity contribution in [3.05, 3.63) is 24.0 Å². The average molecular weight is 294 g/mol. The van der Waals surface area contributed by atoms with Gasteiger partial charge in [-0.2, -0.15) is 13.2 Å². The van der Waals surface area contributed by atoms with E-state index in [9.17, 15) is 23.1 Å². The molecule has 0 aliphatic rings. The molecule has 1 amide bonds. The van der Waals surface area contributed by atoms with Crippen molar-refractivity contribution in [2.75, 3.05) is 6.61 Å². The molecule has 0 spiro atoms. The van der Waals surface area contributed by atoms with Crippen molar-refractivity contribution >= 4 is 6.09 Å². The molecule has 0 saturated heterocycles. The van der Waals surface area contributed by atoms with Crippen LogP contribution in [0.2, 0.25) is 0 Å². The number of H-pyrrole nitrogens is 1. The highest BCUT2D eigenvalue weighted by Crippen LogP contribution is 2.38. The van der Waals surface area contributed by atoms with Gasteiger partial charge in [0.1, 0.15) is 5.60 Å². The van der Waals surface area contributed by atoms with Gasteiger partial charge in [-0.3, -0.25) is 5.32 Å². The van der Waals surface area contributed by atoms with Gasteiger partial charge in [0.05, 0.1) is 12.3 Å². The zero-order chi connectivity index (χ0) is 15.6. The quantitative estimate of drug-likeness (QED) is 0.800. The number of nitrogens with one attached hydrogen (secondary N) is 2. The van der Waals surface area contributed by atoms with Crippen LogP contribution < -0.4 is 5.32 Å². The van der Waals surface area contributed by atoms with Crippen LogP contribution in [0, 0.1) is 0 Å². The maximum absolute atomic E-state index is 13.3.